The highest BCUT2D eigenvalue weighted by atomic mass is 32.2. The van der Waals surface area contributed by atoms with Crippen LogP contribution in [0.1, 0.15) is 29.8 Å². The standard InChI is InChI=1S/C26H22FNO6S3/c1-26(2)21(35)17(25-36-19(23(30)33-4)20(37-25)24(31)34-5)15-7-6-8-16(32-3)18(15)28(26)22(29)13-9-11-14(27)12-10-13/h6-12H,1-5H3. The minimum absolute atomic E-state index is 0.0942. The highest BCUT2D eigenvalue weighted by Crippen LogP contribution is 2.57. The predicted molar refractivity (Wildman–Crippen MR) is 146 cm³/mol. The van der Waals surface area contributed by atoms with Gasteiger partial charge in [-0.25, -0.2) is 14.0 Å². The molecule has 192 valence electrons. The van der Waals surface area contributed by atoms with E-state index in [-0.39, 0.29) is 15.4 Å². The van der Waals surface area contributed by atoms with Gasteiger partial charge in [0.25, 0.3) is 5.91 Å². The molecule has 1 amide bonds. The topological polar surface area (TPSA) is 82.1 Å². The van der Waals surface area contributed by atoms with Crippen LogP contribution >= 0.6 is 35.7 Å². The molecule has 0 aromatic heterocycles. The van der Waals surface area contributed by atoms with Gasteiger partial charge in [-0.3, -0.25) is 9.69 Å². The Kier molecular flexibility index (Phi) is 7.50. The van der Waals surface area contributed by atoms with Gasteiger partial charge >= 0.3 is 11.9 Å². The van der Waals surface area contributed by atoms with E-state index in [4.69, 9.17) is 26.4 Å². The van der Waals surface area contributed by atoms with Gasteiger partial charge in [-0.05, 0) is 44.2 Å². The molecule has 2 aliphatic rings. The number of amides is 1. The van der Waals surface area contributed by atoms with Gasteiger partial charge in [-0.1, -0.05) is 47.9 Å². The van der Waals surface area contributed by atoms with E-state index >= 15 is 0 Å². The molecule has 2 aromatic rings. The second-order valence-corrected chi connectivity index (χ2v) is 11.1. The number of methoxy groups -OCH3 is 3. The molecule has 0 saturated carbocycles. The van der Waals surface area contributed by atoms with Crippen molar-refractivity contribution in [2.24, 2.45) is 0 Å². The summed E-state index contributed by atoms with van der Waals surface area (Å²) in [5.74, 6) is -1.77. The van der Waals surface area contributed by atoms with Gasteiger partial charge < -0.3 is 14.2 Å². The Labute approximate surface area is 227 Å². The van der Waals surface area contributed by atoms with Crippen LogP contribution in [0.2, 0.25) is 0 Å². The van der Waals surface area contributed by atoms with Crippen LogP contribution in [-0.4, -0.2) is 49.6 Å². The fraction of sp³-hybridized carbons (Fsp3) is 0.231. The van der Waals surface area contributed by atoms with Crippen LogP contribution < -0.4 is 9.64 Å². The van der Waals surface area contributed by atoms with Gasteiger partial charge in [0.15, 0.2) is 0 Å². The number of carbonyl (C=O) groups is 3. The number of hydrogen-bond donors (Lipinski definition) is 0. The highest BCUT2D eigenvalue weighted by Gasteiger charge is 2.47. The van der Waals surface area contributed by atoms with Crippen LogP contribution in [0.3, 0.4) is 0 Å². The number of hydrogen-bond acceptors (Lipinski definition) is 9. The number of ether oxygens (including phenoxy) is 3. The van der Waals surface area contributed by atoms with Crippen molar-refractivity contribution in [2.75, 3.05) is 26.2 Å². The number of esters is 2. The zero-order valence-corrected chi connectivity index (χ0v) is 23.0. The molecule has 7 nitrogen and oxygen atoms in total. The number of thioether (sulfide) groups is 2. The molecule has 0 unspecified atom stereocenters. The van der Waals surface area contributed by atoms with E-state index in [2.05, 4.69) is 0 Å². The summed E-state index contributed by atoms with van der Waals surface area (Å²) < 4.78 is 29.6. The molecule has 0 fully saturated rings. The SMILES string of the molecule is COC(=O)C1=C(C(=O)OC)SC(=C2C(=S)C(C)(C)N(C(=O)c3ccc(F)cc3)c3c(OC)cccc32)S1. The fourth-order valence-electron chi connectivity index (χ4n) is 4.06. The third kappa shape index (κ3) is 4.55. The van der Waals surface area contributed by atoms with Gasteiger partial charge in [0, 0.05) is 16.7 Å². The third-order valence-corrected chi connectivity index (χ3v) is 9.15. The molecule has 0 bridgehead atoms. The Hall–Kier alpha value is -3.15. The highest BCUT2D eigenvalue weighted by molar-refractivity contribution is 8.29. The van der Waals surface area contributed by atoms with Crippen molar-refractivity contribution < 1.29 is 33.0 Å². The monoisotopic (exact) mass is 559 g/mol. The normalized spacial score (nSPS) is 16.5. The maximum absolute atomic E-state index is 13.8. The van der Waals surface area contributed by atoms with Gasteiger partial charge in [0.2, 0.25) is 0 Å². The van der Waals surface area contributed by atoms with E-state index < -0.39 is 29.2 Å². The van der Waals surface area contributed by atoms with Crippen molar-refractivity contribution in [1.29, 1.82) is 0 Å². The van der Waals surface area contributed by atoms with E-state index in [0.717, 1.165) is 23.5 Å². The molecule has 2 heterocycles. The van der Waals surface area contributed by atoms with Crippen LogP contribution in [-0.2, 0) is 19.1 Å². The first-order valence-corrected chi connectivity index (χ1v) is 12.9. The summed E-state index contributed by atoms with van der Waals surface area (Å²) in [6.07, 6.45) is 0. The summed E-state index contributed by atoms with van der Waals surface area (Å²) in [4.78, 5) is 40.9. The first-order chi connectivity index (χ1) is 17.6. The molecule has 0 N–H and O–H groups in total. The molecule has 0 spiro atoms. The number of para-hydroxylation sites is 1. The largest absolute Gasteiger partial charge is 0.495 e. The van der Waals surface area contributed by atoms with Gasteiger partial charge in [0.05, 0.1) is 41.7 Å². The zero-order chi connectivity index (χ0) is 27.1. The summed E-state index contributed by atoms with van der Waals surface area (Å²) in [6.45, 7) is 3.60. The Morgan fingerprint density at radius 2 is 1.49 bits per heavy atom. The van der Waals surface area contributed by atoms with Crippen LogP contribution in [0.4, 0.5) is 10.1 Å². The lowest BCUT2D eigenvalue weighted by Gasteiger charge is -2.45. The van der Waals surface area contributed by atoms with E-state index in [1.165, 1.54) is 45.6 Å². The molecular weight excluding hydrogens is 537 g/mol. The van der Waals surface area contributed by atoms with Crippen LogP contribution in [0.5, 0.6) is 5.75 Å². The van der Waals surface area contributed by atoms with Crippen molar-refractivity contribution in [2.45, 2.75) is 19.4 Å². The van der Waals surface area contributed by atoms with Gasteiger partial charge in [-0.2, -0.15) is 0 Å². The first-order valence-electron chi connectivity index (χ1n) is 10.9. The Morgan fingerprint density at radius 1 is 0.919 bits per heavy atom. The first kappa shape index (κ1) is 26.9. The lowest BCUT2D eigenvalue weighted by atomic mass is 9.82. The summed E-state index contributed by atoms with van der Waals surface area (Å²) in [7, 11) is 3.95. The molecule has 11 heteroatoms. The fourth-order valence-corrected chi connectivity index (χ4v) is 7.10. The number of rotatable bonds is 4. The zero-order valence-electron chi connectivity index (χ0n) is 20.5. The Bertz CT molecular complexity index is 1370. The molecule has 37 heavy (non-hydrogen) atoms. The Morgan fingerprint density at radius 3 is 2.00 bits per heavy atom. The summed E-state index contributed by atoms with van der Waals surface area (Å²) in [5, 5.41) is 0. The van der Waals surface area contributed by atoms with E-state index in [1.807, 2.05) is 0 Å². The minimum atomic E-state index is -1.05. The lowest BCUT2D eigenvalue weighted by Crippen LogP contribution is -2.56. The molecule has 0 saturated heterocycles. The van der Waals surface area contributed by atoms with Crippen LogP contribution in [0.25, 0.3) is 5.57 Å². The number of anilines is 1. The predicted octanol–water partition coefficient (Wildman–Crippen LogP) is 5.35. The maximum Gasteiger partial charge on any atom is 0.346 e. The number of benzene rings is 2. The third-order valence-electron chi connectivity index (χ3n) is 5.89. The number of halogens is 1. The van der Waals surface area contributed by atoms with E-state index in [1.54, 1.807) is 36.9 Å². The van der Waals surface area contributed by atoms with Crippen LogP contribution in [0, 0.1) is 5.82 Å². The molecule has 0 aliphatic carbocycles. The van der Waals surface area contributed by atoms with E-state index in [0.29, 0.717) is 31.7 Å². The molecule has 0 atom stereocenters. The van der Waals surface area contributed by atoms with Gasteiger partial charge in [0.1, 0.15) is 21.4 Å². The summed E-state index contributed by atoms with van der Waals surface area (Å²) in [6, 6.07) is 10.6. The second kappa shape index (κ2) is 10.3. The van der Waals surface area contributed by atoms with Crippen molar-refractivity contribution in [3.63, 3.8) is 0 Å². The summed E-state index contributed by atoms with van der Waals surface area (Å²) in [5.41, 5.74) is 0.868. The maximum atomic E-state index is 13.8. The number of nitrogens with zero attached hydrogens (tertiary/aromatic N) is 1. The molecule has 2 aliphatic heterocycles. The average Bonchev–Trinajstić information content (AvgIpc) is 3.33. The average molecular weight is 560 g/mol. The summed E-state index contributed by atoms with van der Waals surface area (Å²) >= 11 is 8.09. The molecular formula is C26H22FNO6S3. The minimum Gasteiger partial charge on any atom is -0.495 e. The smallest absolute Gasteiger partial charge is 0.346 e. The van der Waals surface area contributed by atoms with Gasteiger partial charge in [-0.15, -0.1) is 0 Å². The van der Waals surface area contributed by atoms with Crippen molar-refractivity contribution in [3.05, 3.63) is 73.5 Å². The lowest BCUT2D eigenvalue weighted by molar-refractivity contribution is -0.138. The quantitative estimate of drug-likeness (QED) is 0.280. The molecule has 0 radical (unpaired) electrons. The van der Waals surface area contributed by atoms with E-state index in [9.17, 15) is 18.8 Å². The number of fused-ring (bicyclic) bond motifs is 1. The van der Waals surface area contributed by atoms with Crippen molar-refractivity contribution in [1.82, 2.24) is 0 Å². The number of thiocarbonyl (C=S) groups is 1. The van der Waals surface area contributed by atoms with Crippen LogP contribution in [0.15, 0.2) is 56.5 Å². The second-order valence-electron chi connectivity index (χ2n) is 8.40. The van der Waals surface area contributed by atoms with Crippen molar-refractivity contribution in [3.8, 4) is 5.75 Å². The Balaban J connectivity index is 1.95. The molecule has 2 aromatic carbocycles. The number of carbonyl (C=O) groups excluding carboxylic acids is 3. The molecule has 4 rings (SSSR count). The van der Waals surface area contributed by atoms with Crippen molar-refractivity contribution >= 4 is 69.7 Å².